The molecular formula is C34H49N5O5. The number of hydrogen-bond acceptors (Lipinski definition) is 7. The number of nitrogens with zero attached hydrogens (tertiary/aromatic N) is 2. The second-order valence-corrected chi connectivity index (χ2v) is 12.6. The van der Waals surface area contributed by atoms with Crippen molar-refractivity contribution in [2.45, 2.75) is 77.4 Å². The fourth-order valence-corrected chi connectivity index (χ4v) is 5.64. The van der Waals surface area contributed by atoms with Crippen molar-refractivity contribution in [1.29, 1.82) is 0 Å². The van der Waals surface area contributed by atoms with E-state index in [9.17, 15) is 19.5 Å². The lowest BCUT2D eigenvalue weighted by molar-refractivity contribution is -0.134. The number of para-hydroxylation sites is 2. The lowest BCUT2D eigenvalue weighted by Gasteiger charge is -2.34. The number of likely N-dealkylation sites (N-methyl/N-ethyl adjacent to an activating group) is 1. The van der Waals surface area contributed by atoms with Gasteiger partial charge in [0.05, 0.1) is 30.4 Å². The van der Waals surface area contributed by atoms with Gasteiger partial charge in [0, 0.05) is 49.6 Å². The third-order valence-electron chi connectivity index (χ3n) is 8.50. The summed E-state index contributed by atoms with van der Waals surface area (Å²) in [5.41, 5.74) is 8.35. The summed E-state index contributed by atoms with van der Waals surface area (Å²) in [7, 11) is 2.12. The summed E-state index contributed by atoms with van der Waals surface area (Å²) in [4.78, 5) is 42.5. The zero-order chi connectivity index (χ0) is 31.6. The number of ether oxygens (including phenoxy) is 1. The van der Waals surface area contributed by atoms with E-state index < -0.39 is 0 Å². The number of nitrogen functional groups attached to an aromatic ring is 1. The summed E-state index contributed by atoms with van der Waals surface area (Å²) in [6.07, 6.45) is 5.29. The molecular weight excluding hydrogens is 558 g/mol. The zero-order valence-electron chi connectivity index (χ0n) is 26.4. The summed E-state index contributed by atoms with van der Waals surface area (Å²) < 4.78 is 6.59. The van der Waals surface area contributed by atoms with Crippen molar-refractivity contribution in [1.82, 2.24) is 9.80 Å². The van der Waals surface area contributed by atoms with Crippen LogP contribution in [0.5, 0.6) is 5.75 Å². The summed E-state index contributed by atoms with van der Waals surface area (Å²) in [6, 6.07) is 12.3. The topological polar surface area (TPSA) is 137 Å². The largest absolute Gasteiger partial charge is 0.488 e. The number of fused-ring (bicyclic) bond motifs is 1. The molecule has 1 aliphatic carbocycles. The van der Waals surface area contributed by atoms with Crippen molar-refractivity contribution in [3.8, 4) is 5.75 Å². The highest BCUT2D eigenvalue weighted by Crippen LogP contribution is 2.31. The van der Waals surface area contributed by atoms with Crippen molar-refractivity contribution in [3.63, 3.8) is 0 Å². The molecule has 3 atom stereocenters. The summed E-state index contributed by atoms with van der Waals surface area (Å²) in [5, 5.41) is 15.7. The van der Waals surface area contributed by atoms with Crippen LogP contribution in [0.4, 0.5) is 17.1 Å². The van der Waals surface area contributed by atoms with Crippen LogP contribution in [0, 0.1) is 11.8 Å². The monoisotopic (exact) mass is 607 g/mol. The molecule has 2 aliphatic rings. The Morgan fingerprint density at radius 3 is 2.45 bits per heavy atom. The highest BCUT2D eigenvalue weighted by atomic mass is 16.5. The Morgan fingerprint density at radius 1 is 1.07 bits per heavy atom. The molecule has 0 saturated heterocycles. The first-order chi connectivity index (χ1) is 21.1. The maximum Gasteiger partial charge on any atom is 0.227 e. The molecule has 2 aromatic carbocycles. The van der Waals surface area contributed by atoms with Crippen molar-refractivity contribution in [2.24, 2.45) is 11.8 Å². The van der Waals surface area contributed by atoms with E-state index in [0.29, 0.717) is 55.0 Å². The fraction of sp³-hybridized carbons (Fsp3) is 0.559. The van der Waals surface area contributed by atoms with Crippen molar-refractivity contribution >= 4 is 34.8 Å². The van der Waals surface area contributed by atoms with Gasteiger partial charge in [0.2, 0.25) is 17.7 Å². The molecule has 0 radical (unpaired) electrons. The first-order valence-corrected chi connectivity index (χ1v) is 16.0. The molecule has 3 amide bonds. The predicted molar refractivity (Wildman–Crippen MR) is 173 cm³/mol. The Labute approximate surface area is 261 Å². The Balaban J connectivity index is 1.33. The molecule has 0 spiro atoms. The van der Waals surface area contributed by atoms with Crippen LogP contribution in [0.2, 0.25) is 0 Å². The summed E-state index contributed by atoms with van der Waals surface area (Å²) in [5.74, 6) is 1.18. The van der Waals surface area contributed by atoms with Crippen LogP contribution in [0.3, 0.4) is 0 Å². The van der Waals surface area contributed by atoms with Crippen molar-refractivity contribution in [2.75, 3.05) is 49.7 Å². The molecule has 10 nitrogen and oxygen atoms in total. The van der Waals surface area contributed by atoms with E-state index >= 15 is 0 Å². The van der Waals surface area contributed by atoms with E-state index in [1.54, 1.807) is 17.0 Å². The Kier molecular flexibility index (Phi) is 12.0. The highest BCUT2D eigenvalue weighted by Gasteiger charge is 2.32. The first kappa shape index (κ1) is 33.3. The van der Waals surface area contributed by atoms with E-state index in [0.717, 1.165) is 31.0 Å². The lowest BCUT2D eigenvalue weighted by atomic mass is 10.0. The van der Waals surface area contributed by atoms with Gasteiger partial charge >= 0.3 is 0 Å². The molecule has 44 heavy (non-hydrogen) atoms. The molecule has 1 aliphatic heterocycles. The number of unbranched alkanes of at least 4 members (excludes halogenated alkanes) is 2. The second-order valence-electron chi connectivity index (χ2n) is 12.6. The standard InChI is InChI=1S/C34H49N5O5/c1-23-19-39(24(2)22-40)34(43)18-26-17-27(15-16-30(26)44-31(23)21-38(3)20-25-13-14-25)36-32(41)11-5-4-6-12-33(42)37-29-10-8-7-9-28(29)35/h7-10,15-17,23-25,31,40H,4-6,11-14,18-22,35H2,1-3H3,(H,36,41)(H,37,42)/t23-,24-,31-/m0/s1. The fourth-order valence-electron chi connectivity index (χ4n) is 5.64. The number of hydrogen-bond donors (Lipinski definition) is 4. The van der Waals surface area contributed by atoms with Gasteiger partial charge in [0.1, 0.15) is 11.9 Å². The molecule has 240 valence electrons. The Bertz CT molecular complexity index is 1280. The summed E-state index contributed by atoms with van der Waals surface area (Å²) >= 11 is 0. The normalized spacial score (nSPS) is 19.3. The molecule has 0 unspecified atom stereocenters. The minimum Gasteiger partial charge on any atom is -0.488 e. The van der Waals surface area contributed by atoms with Crippen molar-refractivity contribution in [3.05, 3.63) is 48.0 Å². The Hall–Kier alpha value is -3.63. The average molecular weight is 608 g/mol. The highest BCUT2D eigenvalue weighted by molar-refractivity contribution is 5.94. The van der Waals surface area contributed by atoms with Crippen LogP contribution in [-0.2, 0) is 20.8 Å². The number of amides is 3. The van der Waals surface area contributed by atoms with Crippen LogP contribution in [-0.4, -0.2) is 78.1 Å². The van der Waals surface area contributed by atoms with Gasteiger partial charge in [-0.2, -0.15) is 0 Å². The number of rotatable bonds is 14. The Morgan fingerprint density at radius 2 is 1.77 bits per heavy atom. The third kappa shape index (κ3) is 9.95. The van der Waals surface area contributed by atoms with E-state index in [1.165, 1.54) is 12.8 Å². The SMILES string of the molecule is C[C@H]1CN([C@@H](C)CO)C(=O)Cc2cc(NC(=O)CCCCCC(=O)Nc3ccccc3N)ccc2O[C@H]1CN(C)CC1CC1. The minimum atomic E-state index is -0.304. The number of carbonyl (C=O) groups excluding carboxylic acids is 3. The quantitative estimate of drug-likeness (QED) is 0.186. The van der Waals surface area contributed by atoms with Gasteiger partial charge in [-0.05, 0) is 75.9 Å². The molecule has 4 rings (SSSR count). The van der Waals surface area contributed by atoms with Gasteiger partial charge in [0.25, 0.3) is 0 Å². The van der Waals surface area contributed by atoms with E-state index in [4.69, 9.17) is 10.5 Å². The number of aliphatic hydroxyl groups excluding tert-OH is 1. The van der Waals surface area contributed by atoms with Gasteiger partial charge < -0.3 is 36.0 Å². The first-order valence-electron chi connectivity index (χ1n) is 16.0. The molecule has 0 bridgehead atoms. The van der Waals surface area contributed by atoms with Crippen LogP contribution in [0.1, 0.15) is 64.4 Å². The van der Waals surface area contributed by atoms with Crippen LogP contribution in [0.15, 0.2) is 42.5 Å². The number of benzene rings is 2. The van der Waals surface area contributed by atoms with Gasteiger partial charge in [-0.15, -0.1) is 0 Å². The van der Waals surface area contributed by atoms with Crippen LogP contribution < -0.4 is 21.1 Å². The third-order valence-corrected chi connectivity index (χ3v) is 8.50. The number of anilines is 3. The number of nitrogens with two attached hydrogens (primary N) is 1. The van der Waals surface area contributed by atoms with E-state index in [-0.39, 0.29) is 48.8 Å². The predicted octanol–water partition coefficient (Wildman–Crippen LogP) is 4.29. The molecule has 1 heterocycles. The van der Waals surface area contributed by atoms with Crippen LogP contribution in [0.25, 0.3) is 0 Å². The molecule has 5 N–H and O–H groups in total. The van der Waals surface area contributed by atoms with E-state index in [2.05, 4.69) is 29.5 Å². The number of carbonyl (C=O) groups is 3. The van der Waals surface area contributed by atoms with Gasteiger partial charge in [0.15, 0.2) is 0 Å². The molecule has 0 aromatic heterocycles. The number of nitrogens with one attached hydrogen (secondary N) is 2. The van der Waals surface area contributed by atoms with E-state index in [1.807, 2.05) is 37.3 Å². The molecule has 10 heteroatoms. The average Bonchev–Trinajstić information content (AvgIpc) is 3.80. The van der Waals surface area contributed by atoms with Crippen molar-refractivity contribution < 1.29 is 24.2 Å². The van der Waals surface area contributed by atoms with Gasteiger partial charge in [-0.1, -0.05) is 25.5 Å². The van der Waals surface area contributed by atoms with Gasteiger partial charge in [-0.3, -0.25) is 14.4 Å². The van der Waals surface area contributed by atoms with Crippen LogP contribution >= 0.6 is 0 Å². The zero-order valence-corrected chi connectivity index (χ0v) is 26.4. The molecule has 1 saturated carbocycles. The maximum absolute atomic E-state index is 13.4. The number of aliphatic hydroxyl groups is 1. The smallest absolute Gasteiger partial charge is 0.227 e. The maximum atomic E-state index is 13.4. The summed E-state index contributed by atoms with van der Waals surface area (Å²) in [6.45, 7) is 6.14. The lowest BCUT2D eigenvalue weighted by Crippen LogP contribution is -2.47. The second kappa shape index (κ2) is 15.9. The molecule has 1 fully saturated rings. The van der Waals surface area contributed by atoms with Gasteiger partial charge in [-0.25, -0.2) is 0 Å². The molecule has 2 aromatic rings. The minimum absolute atomic E-state index is 0.0579.